The fourth-order valence-corrected chi connectivity index (χ4v) is 5.03. The van der Waals surface area contributed by atoms with E-state index in [2.05, 4.69) is 4.90 Å². The number of sulfone groups is 1. The molecule has 1 aromatic carbocycles. The van der Waals surface area contributed by atoms with Crippen LogP contribution in [0.4, 0.5) is 11.4 Å². The van der Waals surface area contributed by atoms with Crippen LogP contribution in [-0.4, -0.2) is 57.8 Å². The molecule has 0 atom stereocenters. The van der Waals surface area contributed by atoms with Crippen molar-refractivity contribution in [1.82, 2.24) is 10.00 Å². The summed E-state index contributed by atoms with van der Waals surface area (Å²) < 4.78 is 31.1. The van der Waals surface area contributed by atoms with Crippen LogP contribution in [0.15, 0.2) is 45.0 Å². The Morgan fingerprint density at radius 1 is 1.15 bits per heavy atom. The van der Waals surface area contributed by atoms with E-state index < -0.39 is 15.4 Å². The van der Waals surface area contributed by atoms with Gasteiger partial charge in [-0.3, -0.25) is 9.69 Å². The van der Waals surface area contributed by atoms with Crippen LogP contribution in [0.2, 0.25) is 0 Å². The van der Waals surface area contributed by atoms with Crippen LogP contribution in [0.5, 0.6) is 0 Å². The first-order chi connectivity index (χ1) is 12.5. The first-order valence-corrected chi connectivity index (χ1v) is 9.75. The highest BCUT2D eigenvalue weighted by Crippen LogP contribution is 2.41. The topological polar surface area (TPSA) is 110 Å². The average molecular weight is 378 g/mol. The number of hydrogen-bond acceptors (Lipinski definition) is 7. The molecule has 1 N–H and O–H groups in total. The number of rotatable bonds is 3. The van der Waals surface area contributed by atoms with Crippen molar-refractivity contribution in [2.75, 3.05) is 44.3 Å². The zero-order valence-electron chi connectivity index (χ0n) is 13.9. The van der Waals surface area contributed by atoms with Gasteiger partial charge in [0, 0.05) is 26.2 Å². The molecule has 0 unspecified atom stereocenters. The molecule has 2 aromatic rings. The van der Waals surface area contributed by atoms with E-state index in [0.29, 0.717) is 32.0 Å². The molecule has 0 bridgehead atoms. The molecule has 26 heavy (non-hydrogen) atoms. The SMILES string of the molecule is O=c1[nH][n+]([O-])cc2c1S(=O)(=O)c1ccccc1N2CCN1CCOCC1. The number of H-pyrrole nitrogens is 1. The normalized spacial score (nSPS) is 19.0. The van der Waals surface area contributed by atoms with Gasteiger partial charge < -0.3 is 14.8 Å². The van der Waals surface area contributed by atoms with E-state index in [4.69, 9.17) is 4.74 Å². The van der Waals surface area contributed by atoms with Crippen LogP contribution in [-0.2, 0) is 14.6 Å². The van der Waals surface area contributed by atoms with Gasteiger partial charge in [0.2, 0.25) is 16.0 Å². The smallest absolute Gasteiger partial charge is 0.320 e. The van der Waals surface area contributed by atoms with E-state index in [1.54, 1.807) is 23.1 Å². The van der Waals surface area contributed by atoms with E-state index in [0.717, 1.165) is 19.3 Å². The molecule has 10 heteroatoms. The van der Waals surface area contributed by atoms with Crippen LogP contribution >= 0.6 is 0 Å². The molecule has 4 rings (SSSR count). The molecule has 1 fully saturated rings. The van der Waals surface area contributed by atoms with Crippen LogP contribution in [0.1, 0.15) is 0 Å². The second kappa shape index (κ2) is 6.38. The Hall–Kier alpha value is -2.43. The summed E-state index contributed by atoms with van der Waals surface area (Å²) in [6, 6.07) is 6.52. The van der Waals surface area contributed by atoms with Gasteiger partial charge in [-0.25, -0.2) is 8.42 Å². The van der Waals surface area contributed by atoms with Gasteiger partial charge in [0.1, 0.15) is 5.69 Å². The molecule has 3 heterocycles. The molecule has 0 spiro atoms. The molecule has 1 aromatic heterocycles. The minimum atomic E-state index is -4.00. The van der Waals surface area contributed by atoms with Gasteiger partial charge in [-0.1, -0.05) is 17.0 Å². The standard InChI is InChI=1S/C16H18N4O5S/c21-16-15-13(11-20(22)17-16)19(6-5-18-7-9-25-10-8-18)12-3-1-2-4-14(12)26(15,23)24/h1-4,11H,5-10H2,(H,17,21). The summed E-state index contributed by atoms with van der Waals surface area (Å²) in [5.41, 5.74) is -0.335. The van der Waals surface area contributed by atoms with E-state index in [1.807, 2.05) is 5.10 Å². The van der Waals surface area contributed by atoms with Gasteiger partial charge in [0.25, 0.3) is 0 Å². The van der Waals surface area contributed by atoms with Gasteiger partial charge >= 0.3 is 5.56 Å². The molecular formula is C16H18N4O5S. The van der Waals surface area contributed by atoms with Gasteiger partial charge in [-0.05, 0) is 12.1 Å². The number of ether oxygens (including phenoxy) is 1. The zero-order chi connectivity index (χ0) is 18.3. The zero-order valence-corrected chi connectivity index (χ0v) is 14.7. The van der Waals surface area contributed by atoms with E-state index in [-0.39, 0.29) is 20.3 Å². The fraction of sp³-hybridized carbons (Fsp3) is 0.375. The van der Waals surface area contributed by atoms with E-state index in [9.17, 15) is 18.4 Å². The molecule has 2 aliphatic rings. The molecular weight excluding hydrogens is 360 g/mol. The quantitative estimate of drug-likeness (QED) is 0.573. The Morgan fingerprint density at radius 2 is 1.88 bits per heavy atom. The number of benzene rings is 1. The molecule has 1 saturated heterocycles. The number of morpholine rings is 1. The second-order valence-electron chi connectivity index (χ2n) is 6.19. The van der Waals surface area contributed by atoms with Crippen LogP contribution in [0, 0.1) is 5.21 Å². The Kier molecular flexibility index (Phi) is 4.17. The van der Waals surface area contributed by atoms with Crippen molar-refractivity contribution >= 4 is 21.2 Å². The predicted octanol–water partition coefficient (Wildman–Crippen LogP) is -0.375. The lowest BCUT2D eigenvalue weighted by molar-refractivity contribution is -0.670. The van der Waals surface area contributed by atoms with Crippen molar-refractivity contribution in [2.24, 2.45) is 0 Å². The van der Waals surface area contributed by atoms with Crippen molar-refractivity contribution in [1.29, 1.82) is 0 Å². The number of hydrogen-bond donors (Lipinski definition) is 1. The van der Waals surface area contributed by atoms with Crippen molar-refractivity contribution < 1.29 is 18.0 Å². The van der Waals surface area contributed by atoms with Crippen molar-refractivity contribution in [3.63, 3.8) is 0 Å². The van der Waals surface area contributed by atoms with E-state index >= 15 is 0 Å². The Bertz CT molecular complexity index is 998. The largest absolute Gasteiger partial charge is 0.596 e. The number of anilines is 2. The Balaban J connectivity index is 1.80. The third kappa shape index (κ3) is 2.75. The molecule has 2 aliphatic heterocycles. The van der Waals surface area contributed by atoms with E-state index in [1.165, 1.54) is 6.07 Å². The molecule has 0 saturated carbocycles. The lowest BCUT2D eigenvalue weighted by Crippen LogP contribution is -2.45. The highest BCUT2D eigenvalue weighted by atomic mass is 32.2. The summed E-state index contributed by atoms with van der Waals surface area (Å²) in [6.07, 6.45) is 1.10. The monoisotopic (exact) mass is 378 g/mol. The summed E-state index contributed by atoms with van der Waals surface area (Å²) in [7, 11) is -4.00. The average Bonchev–Trinajstić information content (AvgIpc) is 2.61. The first-order valence-electron chi connectivity index (χ1n) is 8.27. The molecule has 9 nitrogen and oxygen atoms in total. The Labute approximate surface area is 149 Å². The number of fused-ring (bicyclic) bond motifs is 2. The van der Waals surface area contributed by atoms with Gasteiger partial charge in [0.05, 0.1) is 23.8 Å². The number of nitrogens with zero attached hydrogens (tertiary/aromatic N) is 3. The first kappa shape index (κ1) is 17.0. The molecule has 0 amide bonds. The van der Waals surface area contributed by atoms with Crippen LogP contribution < -0.4 is 15.3 Å². The number of aromatic nitrogens is 2. The third-order valence-electron chi connectivity index (χ3n) is 4.64. The maximum atomic E-state index is 12.9. The number of nitrogens with one attached hydrogen (secondary N) is 1. The molecule has 138 valence electrons. The van der Waals surface area contributed by atoms with Crippen molar-refractivity contribution in [3.8, 4) is 0 Å². The summed E-state index contributed by atoms with van der Waals surface area (Å²) in [6.45, 7) is 3.99. The lowest BCUT2D eigenvalue weighted by atomic mass is 10.2. The molecule has 0 radical (unpaired) electrons. The fourth-order valence-electron chi connectivity index (χ4n) is 3.38. The van der Waals surface area contributed by atoms with Crippen LogP contribution in [0.25, 0.3) is 0 Å². The van der Waals surface area contributed by atoms with Gasteiger partial charge in [-0.15, -0.1) is 5.10 Å². The summed E-state index contributed by atoms with van der Waals surface area (Å²) in [5, 5.41) is 13.7. The van der Waals surface area contributed by atoms with Crippen LogP contribution in [0.3, 0.4) is 0 Å². The highest BCUT2D eigenvalue weighted by Gasteiger charge is 2.38. The minimum Gasteiger partial charge on any atom is -0.596 e. The summed E-state index contributed by atoms with van der Waals surface area (Å²) >= 11 is 0. The van der Waals surface area contributed by atoms with Gasteiger partial charge in [0.15, 0.2) is 4.90 Å². The highest BCUT2D eigenvalue weighted by molar-refractivity contribution is 7.92. The number of para-hydroxylation sites is 1. The maximum Gasteiger partial charge on any atom is 0.320 e. The minimum absolute atomic E-state index is 0.0728. The summed E-state index contributed by atoms with van der Waals surface area (Å²) in [5.74, 6) is 0. The maximum absolute atomic E-state index is 12.9. The summed E-state index contributed by atoms with van der Waals surface area (Å²) in [4.78, 5) is 16.1. The molecule has 0 aliphatic carbocycles. The van der Waals surface area contributed by atoms with Crippen molar-refractivity contribution in [2.45, 2.75) is 9.79 Å². The number of aromatic amines is 1. The van der Waals surface area contributed by atoms with Crippen molar-refractivity contribution in [3.05, 3.63) is 46.0 Å². The third-order valence-corrected chi connectivity index (χ3v) is 6.50. The second-order valence-corrected chi connectivity index (χ2v) is 8.04. The predicted molar refractivity (Wildman–Crippen MR) is 92.2 cm³/mol. The lowest BCUT2D eigenvalue weighted by Gasteiger charge is -2.34. The Morgan fingerprint density at radius 3 is 2.65 bits per heavy atom. The van der Waals surface area contributed by atoms with Gasteiger partial charge in [-0.2, -0.15) is 0 Å².